The van der Waals surface area contributed by atoms with Crippen LogP contribution in [0.15, 0.2) is 22.7 Å². The highest BCUT2D eigenvalue weighted by Gasteiger charge is 2.11. The minimum Gasteiger partial charge on any atom is -0.488 e. The molecule has 1 N–H and O–H groups in total. The lowest BCUT2D eigenvalue weighted by molar-refractivity contribution is 0.297. The summed E-state index contributed by atoms with van der Waals surface area (Å²) in [5.41, 5.74) is 2.53. The normalized spacial score (nSPS) is 10.7. The van der Waals surface area contributed by atoms with Gasteiger partial charge in [-0.15, -0.1) is 0 Å². The molecule has 0 amide bonds. The first-order valence-corrected chi connectivity index (χ1v) is 6.09. The van der Waals surface area contributed by atoms with Gasteiger partial charge in [-0.3, -0.25) is 0 Å². The molecule has 0 bridgehead atoms. The molecule has 19 heavy (non-hydrogen) atoms. The van der Waals surface area contributed by atoms with Crippen molar-refractivity contribution in [2.75, 3.05) is 7.05 Å². The molecule has 0 saturated heterocycles. The summed E-state index contributed by atoms with van der Waals surface area (Å²) in [4.78, 5) is 0. The monoisotopic (exact) mass is 264 g/mol. The van der Waals surface area contributed by atoms with E-state index in [4.69, 9.17) is 9.26 Å². The van der Waals surface area contributed by atoms with Gasteiger partial charge in [0, 0.05) is 12.1 Å². The summed E-state index contributed by atoms with van der Waals surface area (Å²) in [6.07, 6.45) is 0. The van der Waals surface area contributed by atoms with Crippen LogP contribution in [-0.2, 0) is 13.2 Å². The third-order valence-corrected chi connectivity index (χ3v) is 2.94. The molecular formula is C14H17FN2O2. The van der Waals surface area contributed by atoms with E-state index in [0.29, 0.717) is 18.9 Å². The Labute approximate surface area is 111 Å². The number of ether oxygens (including phenoxy) is 1. The van der Waals surface area contributed by atoms with Crippen molar-refractivity contribution in [1.82, 2.24) is 10.5 Å². The molecule has 0 spiro atoms. The number of nitrogens with zero attached hydrogens (tertiary/aromatic N) is 1. The number of halogens is 1. The van der Waals surface area contributed by atoms with E-state index in [2.05, 4.69) is 10.5 Å². The van der Waals surface area contributed by atoms with Gasteiger partial charge in [0.2, 0.25) is 0 Å². The van der Waals surface area contributed by atoms with Gasteiger partial charge in [-0.2, -0.15) is 0 Å². The molecular weight excluding hydrogens is 247 g/mol. The second kappa shape index (κ2) is 5.84. The van der Waals surface area contributed by atoms with Crippen molar-refractivity contribution in [3.05, 3.63) is 46.6 Å². The third kappa shape index (κ3) is 3.12. The van der Waals surface area contributed by atoms with Gasteiger partial charge in [0.05, 0.1) is 11.3 Å². The fraction of sp³-hybridized carbons (Fsp3) is 0.357. The van der Waals surface area contributed by atoms with Crippen molar-refractivity contribution in [3.63, 3.8) is 0 Å². The van der Waals surface area contributed by atoms with Gasteiger partial charge < -0.3 is 14.6 Å². The Balaban J connectivity index is 2.15. The van der Waals surface area contributed by atoms with Crippen LogP contribution >= 0.6 is 0 Å². The summed E-state index contributed by atoms with van der Waals surface area (Å²) in [6.45, 7) is 4.63. The van der Waals surface area contributed by atoms with Gasteiger partial charge >= 0.3 is 0 Å². The van der Waals surface area contributed by atoms with E-state index in [0.717, 1.165) is 22.6 Å². The predicted octanol–water partition coefficient (Wildman–Crippen LogP) is 2.73. The average molecular weight is 264 g/mol. The molecule has 2 rings (SSSR count). The molecule has 1 heterocycles. The molecule has 1 aromatic carbocycles. The van der Waals surface area contributed by atoms with Crippen LogP contribution in [-0.4, -0.2) is 12.2 Å². The van der Waals surface area contributed by atoms with Gasteiger partial charge in [-0.25, -0.2) is 4.39 Å². The number of hydrogen-bond acceptors (Lipinski definition) is 4. The molecule has 102 valence electrons. The van der Waals surface area contributed by atoms with Crippen LogP contribution in [0.3, 0.4) is 0 Å². The molecule has 0 unspecified atom stereocenters. The van der Waals surface area contributed by atoms with Crippen molar-refractivity contribution in [2.24, 2.45) is 0 Å². The first-order chi connectivity index (χ1) is 9.11. The lowest BCUT2D eigenvalue weighted by Gasteiger charge is -2.11. The number of nitrogens with one attached hydrogen (secondary N) is 1. The third-order valence-electron chi connectivity index (χ3n) is 2.94. The number of aryl methyl sites for hydroxylation is 2. The molecule has 2 aromatic rings. The predicted molar refractivity (Wildman–Crippen MR) is 69.5 cm³/mol. The Bertz CT molecular complexity index is 547. The summed E-state index contributed by atoms with van der Waals surface area (Å²) in [6, 6.07) is 4.50. The number of benzene rings is 1. The molecule has 0 atom stereocenters. The number of hydrogen-bond donors (Lipinski definition) is 1. The fourth-order valence-corrected chi connectivity index (χ4v) is 1.88. The zero-order valence-corrected chi connectivity index (χ0v) is 11.3. The molecule has 0 aliphatic rings. The van der Waals surface area contributed by atoms with Crippen LogP contribution in [0.25, 0.3) is 0 Å². The number of aromatic nitrogens is 1. The Kier molecular flexibility index (Phi) is 4.16. The Morgan fingerprint density at radius 2 is 2.16 bits per heavy atom. The second-order valence-electron chi connectivity index (χ2n) is 4.37. The van der Waals surface area contributed by atoms with E-state index in [1.54, 1.807) is 6.07 Å². The smallest absolute Gasteiger partial charge is 0.140 e. The van der Waals surface area contributed by atoms with Crippen LogP contribution in [0.1, 0.15) is 22.6 Å². The number of rotatable bonds is 5. The topological polar surface area (TPSA) is 47.3 Å². The standard InChI is InChI=1S/C14H17FN2O2/c1-9-13(10(2)19-17-9)8-18-14-5-4-12(15)6-11(14)7-16-3/h4-6,16H,7-8H2,1-3H3. The fourth-order valence-electron chi connectivity index (χ4n) is 1.88. The van der Waals surface area contributed by atoms with Crippen molar-refractivity contribution < 1.29 is 13.7 Å². The van der Waals surface area contributed by atoms with E-state index >= 15 is 0 Å². The van der Waals surface area contributed by atoms with Crippen LogP contribution < -0.4 is 10.1 Å². The van der Waals surface area contributed by atoms with Gasteiger partial charge in [0.25, 0.3) is 0 Å². The maximum atomic E-state index is 13.2. The highest BCUT2D eigenvalue weighted by molar-refractivity contribution is 5.34. The van der Waals surface area contributed by atoms with Crippen LogP contribution in [0.5, 0.6) is 5.75 Å². The lowest BCUT2D eigenvalue weighted by atomic mass is 10.2. The van der Waals surface area contributed by atoms with Gasteiger partial charge in [-0.05, 0) is 39.1 Å². The minimum atomic E-state index is -0.269. The summed E-state index contributed by atoms with van der Waals surface area (Å²) in [5, 5.41) is 6.86. The molecule has 0 fully saturated rings. The minimum absolute atomic E-state index is 0.269. The van der Waals surface area contributed by atoms with Gasteiger partial charge in [-0.1, -0.05) is 5.16 Å². The molecule has 0 aliphatic heterocycles. The first kappa shape index (κ1) is 13.5. The van der Waals surface area contributed by atoms with Crippen LogP contribution in [0.2, 0.25) is 0 Å². The molecule has 4 nitrogen and oxygen atoms in total. The quantitative estimate of drug-likeness (QED) is 0.902. The van der Waals surface area contributed by atoms with E-state index < -0.39 is 0 Å². The maximum absolute atomic E-state index is 13.2. The summed E-state index contributed by atoms with van der Waals surface area (Å²) < 4.78 is 24.0. The van der Waals surface area contributed by atoms with Crippen molar-refractivity contribution >= 4 is 0 Å². The van der Waals surface area contributed by atoms with Crippen LogP contribution in [0.4, 0.5) is 4.39 Å². The largest absolute Gasteiger partial charge is 0.488 e. The highest BCUT2D eigenvalue weighted by atomic mass is 19.1. The zero-order chi connectivity index (χ0) is 13.8. The Hall–Kier alpha value is -1.88. The highest BCUT2D eigenvalue weighted by Crippen LogP contribution is 2.22. The zero-order valence-electron chi connectivity index (χ0n) is 11.3. The summed E-state index contributed by atoms with van der Waals surface area (Å²) in [5.74, 6) is 1.14. The average Bonchev–Trinajstić information content (AvgIpc) is 2.69. The first-order valence-electron chi connectivity index (χ1n) is 6.09. The molecule has 1 aromatic heterocycles. The molecule has 5 heteroatoms. The second-order valence-corrected chi connectivity index (χ2v) is 4.37. The Morgan fingerprint density at radius 1 is 1.37 bits per heavy atom. The van der Waals surface area contributed by atoms with Crippen LogP contribution in [0, 0.1) is 19.7 Å². The van der Waals surface area contributed by atoms with E-state index in [9.17, 15) is 4.39 Å². The molecule has 0 radical (unpaired) electrons. The van der Waals surface area contributed by atoms with E-state index in [1.165, 1.54) is 12.1 Å². The van der Waals surface area contributed by atoms with Gasteiger partial charge in [0.15, 0.2) is 0 Å². The van der Waals surface area contributed by atoms with E-state index in [1.807, 2.05) is 20.9 Å². The van der Waals surface area contributed by atoms with Crippen molar-refractivity contribution in [2.45, 2.75) is 27.0 Å². The molecule has 0 aliphatic carbocycles. The SMILES string of the molecule is CNCc1cc(F)ccc1OCc1c(C)noc1C. The summed E-state index contributed by atoms with van der Waals surface area (Å²) in [7, 11) is 1.81. The van der Waals surface area contributed by atoms with Gasteiger partial charge in [0.1, 0.15) is 23.9 Å². The maximum Gasteiger partial charge on any atom is 0.140 e. The lowest BCUT2D eigenvalue weighted by Crippen LogP contribution is -2.08. The Morgan fingerprint density at radius 3 is 2.79 bits per heavy atom. The van der Waals surface area contributed by atoms with Crippen molar-refractivity contribution in [1.29, 1.82) is 0 Å². The van der Waals surface area contributed by atoms with E-state index in [-0.39, 0.29) is 5.82 Å². The van der Waals surface area contributed by atoms with Crippen molar-refractivity contribution in [3.8, 4) is 5.75 Å². The summed E-state index contributed by atoms with van der Waals surface area (Å²) >= 11 is 0. The molecule has 0 saturated carbocycles.